The highest BCUT2D eigenvalue weighted by Gasteiger charge is 2.38. The Balaban J connectivity index is 1.83. The van der Waals surface area contributed by atoms with Crippen LogP contribution in [0.5, 0.6) is 0 Å². The number of halogens is 1. The Bertz CT molecular complexity index is 1390. The molecule has 0 bridgehead atoms. The average Bonchev–Trinajstić information content (AvgIpc) is 3.20. The Morgan fingerprint density at radius 2 is 1.62 bits per heavy atom. The van der Waals surface area contributed by atoms with Gasteiger partial charge in [-0.1, -0.05) is 66.2 Å². The van der Waals surface area contributed by atoms with Crippen molar-refractivity contribution in [1.82, 2.24) is 4.41 Å². The Labute approximate surface area is 192 Å². The lowest BCUT2D eigenvalue weighted by atomic mass is 9.98. The van der Waals surface area contributed by atoms with Gasteiger partial charge in [0.2, 0.25) is 10.0 Å². The molecule has 0 aliphatic carbocycles. The van der Waals surface area contributed by atoms with Gasteiger partial charge in [0.15, 0.2) is 0 Å². The van der Waals surface area contributed by atoms with Gasteiger partial charge in [0.1, 0.15) is 0 Å². The quantitative estimate of drug-likeness (QED) is 0.559. The van der Waals surface area contributed by atoms with Gasteiger partial charge in [-0.05, 0) is 29.8 Å². The maximum atomic E-state index is 13.5. The van der Waals surface area contributed by atoms with Gasteiger partial charge in [-0.3, -0.25) is 4.72 Å². The summed E-state index contributed by atoms with van der Waals surface area (Å²) in [5.41, 5.74) is 2.08. The van der Waals surface area contributed by atoms with Crippen LogP contribution in [0.3, 0.4) is 0 Å². The highest BCUT2D eigenvalue weighted by molar-refractivity contribution is 7.92. The van der Waals surface area contributed by atoms with Crippen LogP contribution in [0.1, 0.15) is 23.6 Å². The van der Waals surface area contributed by atoms with Crippen LogP contribution in [0.15, 0.2) is 88.9 Å². The van der Waals surface area contributed by atoms with E-state index in [4.69, 9.17) is 11.6 Å². The number of hydrogen-bond acceptors (Lipinski definition) is 5. The van der Waals surface area contributed by atoms with E-state index in [0.717, 1.165) is 16.2 Å². The molecule has 0 aromatic heterocycles. The van der Waals surface area contributed by atoms with Crippen molar-refractivity contribution in [3.63, 3.8) is 0 Å². The lowest BCUT2D eigenvalue weighted by molar-refractivity contribution is 0.371. The number of para-hydroxylation sites is 1. The molecule has 0 spiro atoms. The molecule has 0 saturated heterocycles. The van der Waals surface area contributed by atoms with Crippen molar-refractivity contribution < 1.29 is 16.8 Å². The van der Waals surface area contributed by atoms with Crippen LogP contribution in [-0.2, 0) is 20.0 Å². The standard InChI is InChI=1S/C22H20ClN3O4S2/c1-31(27,28)25-20-13-6-5-12-19(20)21-15-22(16-8-3-2-4-9-16)26(24-21)32(29,30)18-11-7-10-17(23)14-18/h2-14,22,25H,15H2,1H3/t22-/m0/s1. The Kier molecular flexibility index (Phi) is 5.98. The van der Waals surface area contributed by atoms with Gasteiger partial charge in [-0.25, -0.2) is 8.42 Å². The van der Waals surface area contributed by atoms with Crippen LogP contribution in [0.2, 0.25) is 5.02 Å². The van der Waals surface area contributed by atoms with E-state index in [-0.39, 0.29) is 11.3 Å². The van der Waals surface area contributed by atoms with Crippen molar-refractivity contribution in [2.45, 2.75) is 17.4 Å². The molecule has 0 amide bonds. The molecule has 0 radical (unpaired) electrons. The van der Waals surface area contributed by atoms with E-state index in [0.29, 0.717) is 22.0 Å². The first-order chi connectivity index (χ1) is 15.1. The second-order valence-electron chi connectivity index (χ2n) is 7.33. The van der Waals surface area contributed by atoms with Crippen LogP contribution in [0.4, 0.5) is 5.69 Å². The van der Waals surface area contributed by atoms with E-state index in [1.165, 1.54) is 12.1 Å². The van der Waals surface area contributed by atoms with Gasteiger partial charge in [0, 0.05) is 17.0 Å². The number of rotatable bonds is 6. The number of anilines is 1. The maximum absolute atomic E-state index is 13.5. The third-order valence-corrected chi connectivity index (χ3v) is 7.43. The molecule has 32 heavy (non-hydrogen) atoms. The van der Waals surface area contributed by atoms with Crippen molar-refractivity contribution in [2.24, 2.45) is 5.10 Å². The average molecular weight is 490 g/mol. The Hall–Kier alpha value is -2.88. The summed E-state index contributed by atoms with van der Waals surface area (Å²) < 4.78 is 54.2. The van der Waals surface area contributed by atoms with Gasteiger partial charge < -0.3 is 0 Å². The highest BCUT2D eigenvalue weighted by Crippen LogP contribution is 2.38. The predicted molar refractivity (Wildman–Crippen MR) is 126 cm³/mol. The first-order valence-electron chi connectivity index (χ1n) is 9.65. The zero-order valence-electron chi connectivity index (χ0n) is 17.0. The van der Waals surface area contributed by atoms with E-state index < -0.39 is 26.1 Å². The van der Waals surface area contributed by atoms with E-state index in [2.05, 4.69) is 9.82 Å². The van der Waals surface area contributed by atoms with E-state index in [1.54, 1.807) is 36.4 Å². The predicted octanol–water partition coefficient (Wildman–Crippen LogP) is 4.25. The zero-order valence-corrected chi connectivity index (χ0v) is 19.4. The minimum absolute atomic E-state index is 0.0264. The SMILES string of the molecule is CS(=O)(=O)Nc1ccccc1C1=NN(S(=O)(=O)c2cccc(Cl)c2)[C@H](c2ccccc2)C1. The Morgan fingerprint density at radius 1 is 0.938 bits per heavy atom. The van der Waals surface area contributed by atoms with Gasteiger partial charge in [0.25, 0.3) is 10.0 Å². The molecule has 0 saturated carbocycles. The normalized spacial score (nSPS) is 16.6. The summed E-state index contributed by atoms with van der Waals surface area (Å²) in [6, 6.07) is 21.4. The lowest BCUT2D eigenvalue weighted by Gasteiger charge is -2.23. The van der Waals surface area contributed by atoms with Crippen LogP contribution in [-0.4, -0.2) is 33.2 Å². The molecule has 1 heterocycles. The summed E-state index contributed by atoms with van der Waals surface area (Å²) in [5, 5.41) is 4.77. The summed E-state index contributed by atoms with van der Waals surface area (Å²) in [6.07, 6.45) is 1.33. The molecule has 166 valence electrons. The number of sulfonamides is 2. The fourth-order valence-electron chi connectivity index (χ4n) is 3.56. The van der Waals surface area contributed by atoms with Gasteiger partial charge in [0.05, 0.1) is 28.6 Å². The molecule has 3 aromatic carbocycles. The second kappa shape index (κ2) is 8.57. The molecule has 7 nitrogen and oxygen atoms in total. The molecule has 4 rings (SSSR count). The van der Waals surface area contributed by atoms with Crippen molar-refractivity contribution in [1.29, 1.82) is 0 Å². The van der Waals surface area contributed by atoms with Crippen molar-refractivity contribution in [2.75, 3.05) is 11.0 Å². The topological polar surface area (TPSA) is 95.9 Å². The Morgan fingerprint density at radius 3 is 2.31 bits per heavy atom. The zero-order chi connectivity index (χ0) is 22.9. The van der Waals surface area contributed by atoms with Gasteiger partial charge in [-0.15, -0.1) is 0 Å². The largest absolute Gasteiger partial charge is 0.283 e. The summed E-state index contributed by atoms with van der Waals surface area (Å²) in [6.45, 7) is 0. The molecule has 0 fully saturated rings. The first kappa shape index (κ1) is 22.3. The highest BCUT2D eigenvalue weighted by atomic mass is 35.5. The van der Waals surface area contributed by atoms with Crippen LogP contribution >= 0.6 is 11.6 Å². The minimum Gasteiger partial charge on any atom is -0.283 e. The molecule has 1 atom stereocenters. The minimum atomic E-state index is -4.02. The fraction of sp³-hybridized carbons (Fsp3) is 0.136. The molecule has 3 aromatic rings. The lowest BCUT2D eigenvalue weighted by Crippen LogP contribution is -2.27. The smallest absolute Gasteiger partial charge is 0.279 e. The monoisotopic (exact) mass is 489 g/mol. The number of hydrogen-bond donors (Lipinski definition) is 1. The second-order valence-corrected chi connectivity index (χ2v) is 11.3. The molecule has 0 unspecified atom stereocenters. The van der Waals surface area contributed by atoms with Crippen molar-refractivity contribution >= 4 is 43.0 Å². The third-order valence-electron chi connectivity index (χ3n) is 4.93. The summed E-state index contributed by atoms with van der Waals surface area (Å²) in [5.74, 6) is 0. The molecular formula is C22H20ClN3O4S2. The fourth-order valence-corrected chi connectivity index (χ4v) is 5.87. The van der Waals surface area contributed by atoms with Crippen LogP contribution in [0.25, 0.3) is 0 Å². The molecule has 1 aliphatic heterocycles. The van der Waals surface area contributed by atoms with E-state index in [9.17, 15) is 16.8 Å². The molecule has 10 heteroatoms. The molecule has 1 aliphatic rings. The number of nitrogens with one attached hydrogen (secondary N) is 1. The van der Waals surface area contributed by atoms with E-state index >= 15 is 0 Å². The molecule has 1 N–H and O–H groups in total. The number of nitrogens with zero attached hydrogens (tertiary/aromatic N) is 2. The summed E-state index contributed by atoms with van der Waals surface area (Å²) in [4.78, 5) is 0.0264. The van der Waals surface area contributed by atoms with Gasteiger partial charge in [-0.2, -0.15) is 17.9 Å². The summed E-state index contributed by atoms with van der Waals surface area (Å²) in [7, 11) is -7.56. The van der Waals surface area contributed by atoms with Crippen LogP contribution < -0.4 is 4.72 Å². The van der Waals surface area contributed by atoms with Crippen molar-refractivity contribution in [3.05, 3.63) is 95.0 Å². The maximum Gasteiger partial charge on any atom is 0.279 e. The van der Waals surface area contributed by atoms with E-state index in [1.807, 2.05) is 30.3 Å². The molecular weight excluding hydrogens is 470 g/mol. The third kappa shape index (κ3) is 4.64. The number of benzene rings is 3. The summed E-state index contributed by atoms with van der Waals surface area (Å²) >= 11 is 6.03. The van der Waals surface area contributed by atoms with Crippen LogP contribution in [0, 0.1) is 0 Å². The number of hydrazone groups is 1. The van der Waals surface area contributed by atoms with Gasteiger partial charge >= 0.3 is 0 Å². The van der Waals surface area contributed by atoms with Crippen molar-refractivity contribution in [3.8, 4) is 0 Å². The first-order valence-corrected chi connectivity index (χ1v) is 13.4.